The van der Waals surface area contributed by atoms with E-state index < -0.39 is 5.60 Å². The Balaban J connectivity index is 1.61. The van der Waals surface area contributed by atoms with E-state index in [0.717, 1.165) is 24.3 Å². The van der Waals surface area contributed by atoms with Gasteiger partial charge in [0.15, 0.2) is 0 Å². The van der Waals surface area contributed by atoms with Crippen LogP contribution in [0, 0.1) is 0 Å². The first-order chi connectivity index (χ1) is 12.1. The third kappa shape index (κ3) is 4.54. The van der Waals surface area contributed by atoms with E-state index in [4.69, 9.17) is 0 Å². The zero-order chi connectivity index (χ0) is 17.7. The first kappa shape index (κ1) is 17.4. The molecule has 3 heterocycles. The number of amides is 1. The summed E-state index contributed by atoms with van der Waals surface area (Å²) in [7, 11) is 1.75. The van der Waals surface area contributed by atoms with Gasteiger partial charge in [-0.3, -0.25) is 9.78 Å². The average Bonchev–Trinajstić information content (AvgIpc) is 2.63. The molecule has 0 aromatic carbocycles. The molecule has 2 aromatic heterocycles. The van der Waals surface area contributed by atoms with Crippen molar-refractivity contribution >= 4 is 11.7 Å². The largest absolute Gasteiger partial charge is 0.386 e. The molecule has 0 spiro atoms. The lowest BCUT2D eigenvalue weighted by Crippen LogP contribution is -2.55. The van der Waals surface area contributed by atoms with Gasteiger partial charge in [0.25, 0.3) is 0 Å². The van der Waals surface area contributed by atoms with Gasteiger partial charge in [0.1, 0.15) is 5.82 Å². The van der Waals surface area contributed by atoms with Crippen LogP contribution in [0.1, 0.15) is 18.4 Å². The fourth-order valence-corrected chi connectivity index (χ4v) is 3.32. The molecule has 0 aliphatic carbocycles. The van der Waals surface area contributed by atoms with Crippen LogP contribution in [0.4, 0.5) is 5.82 Å². The molecule has 0 radical (unpaired) electrons. The molecule has 132 valence electrons. The average molecular weight is 340 g/mol. The minimum absolute atomic E-state index is 0.0172. The molecule has 1 atom stereocenters. The maximum atomic E-state index is 12.4. The minimum Gasteiger partial charge on any atom is -0.386 e. The molecule has 6 nitrogen and oxygen atoms in total. The van der Waals surface area contributed by atoms with Gasteiger partial charge in [0.2, 0.25) is 5.91 Å². The lowest BCUT2D eigenvalue weighted by Gasteiger charge is -2.41. The van der Waals surface area contributed by atoms with Gasteiger partial charge in [-0.05, 0) is 36.6 Å². The Bertz CT molecular complexity index is 695. The summed E-state index contributed by atoms with van der Waals surface area (Å²) in [5.41, 5.74) is -0.0418. The lowest BCUT2D eigenvalue weighted by atomic mass is 9.92. The van der Waals surface area contributed by atoms with E-state index in [9.17, 15) is 9.90 Å². The second-order valence-electron chi connectivity index (χ2n) is 6.73. The number of anilines is 1. The van der Waals surface area contributed by atoms with Crippen molar-refractivity contribution < 1.29 is 9.90 Å². The number of hydrogen-bond donors (Lipinski definition) is 1. The molecule has 3 rings (SSSR count). The molecule has 0 bridgehead atoms. The Morgan fingerprint density at radius 2 is 2.20 bits per heavy atom. The van der Waals surface area contributed by atoms with Crippen LogP contribution in [-0.4, -0.2) is 58.2 Å². The summed E-state index contributed by atoms with van der Waals surface area (Å²) in [4.78, 5) is 24.5. The first-order valence-electron chi connectivity index (χ1n) is 8.57. The molecule has 6 heteroatoms. The SMILES string of the molecule is CN(C[C@]1(O)CCCN(c2ccccn2)C1)C(=O)Cc1cccnc1. The van der Waals surface area contributed by atoms with Gasteiger partial charge in [-0.2, -0.15) is 0 Å². The lowest BCUT2D eigenvalue weighted by molar-refractivity contribution is -0.132. The number of carbonyl (C=O) groups is 1. The first-order valence-corrected chi connectivity index (χ1v) is 8.57. The third-order valence-electron chi connectivity index (χ3n) is 4.56. The van der Waals surface area contributed by atoms with E-state index in [1.807, 2.05) is 30.3 Å². The van der Waals surface area contributed by atoms with Crippen LogP contribution in [0.5, 0.6) is 0 Å². The monoisotopic (exact) mass is 340 g/mol. The zero-order valence-corrected chi connectivity index (χ0v) is 14.5. The number of likely N-dealkylation sites (N-methyl/N-ethyl adjacent to an activating group) is 1. The highest BCUT2D eigenvalue weighted by atomic mass is 16.3. The van der Waals surface area contributed by atoms with Crippen molar-refractivity contribution in [2.45, 2.75) is 24.9 Å². The van der Waals surface area contributed by atoms with Gasteiger partial charge in [0, 0.05) is 38.7 Å². The van der Waals surface area contributed by atoms with Crippen LogP contribution in [0.2, 0.25) is 0 Å². The molecule has 1 aliphatic heterocycles. The number of piperidine rings is 1. The molecule has 25 heavy (non-hydrogen) atoms. The maximum absolute atomic E-state index is 12.4. The number of nitrogens with zero attached hydrogens (tertiary/aromatic N) is 4. The van der Waals surface area contributed by atoms with Crippen LogP contribution < -0.4 is 4.90 Å². The van der Waals surface area contributed by atoms with Crippen molar-refractivity contribution in [2.75, 3.05) is 31.6 Å². The number of pyridine rings is 2. The Kier molecular flexibility index (Phi) is 5.28. The quantitative estimate of drug-likeness (QED) is 0.893. The molecule has 1 saturated heterocycles. The van der Waals surface area contributed by atoms with Crippen LogP contribution in [0.3, 0.4) is 0 Å². The molecular weight excluding hydrogens is 316 g/mol. The van der Waals surface area contributed by atoms with E-state index in [2.05, 4.69) is 14.9 Å². The molecule has 1 amide bonds. The number of aliphatic hydroxyl groups is 1. The summed E-state index contributed by atoms with van der Waals surface area (Å²) in [5.74, 6) is 0.848. The predicted octanol–water partition coefficient (Wildman–Crippen LogP) is 1.51. The Morgan fingerprint density at radius 1 is 1.32 bits per heavy atom. The zero-order valence-electron chi connectivity index (χ0n) is 14.5. The second kappa shape index (κ2) is 7.61. The number of hydrogen-bond acceptors (Lipinski definition) is 5. The standard InChI is InChI=1S/C19H24N4O2/c1-22(18(24)12-16-6-4-9-20-13-16)14-19(25)8-5-11-23(15-19)17-7-2-3-10-21-17/h2-4,6-7,9-10,13,25H,5,8,11-12,14-15H2,1H3/t19-/m1/s1. The van der Waals surface area contributed by atoms with Gasteiger partial charge in [0.05, 0.1) is 18.6 Å². The Morgan fingerprint density at radius 3 is 2.92 bits per heavy atom. The summed E-state index contributed by atoms with van der Waals surface area (Å²) in [6.07, 6.45) is 6.99. The van der Waals surface area contributed by atoms with Crippen molar-refractivity contribution in [3.63, 3.8) is 0 Å². The third-order valence-corrected chi connectivity index (χ3v) is 4.56. The van der Waals surface area contributed by atoms with E-state index >= 15 is 0 Å². The van der Waals surface area contributed by atoms with Gasteiger partial charge in [-0.1, -0.05) is 12.1 Å². The molecule has 0 unspecified atom stereocenters. The normalized spacial score (nSPS) is 20.3. The molecular formula is C19H24N4O2. The van der Waals surface area contributed by atoms with Crippen molar-refractivity contribution in [2.24, 2.45) is 0 Å². The number of aromatic nitrogens is 2. The molecule has 1 fully saturated rings. The van der Waals surface area contributed by atoms with Crippen LogP contribution in [0.25, 0.3) is 0 Å². The van der Waals surface area contributed by atoms with Crippen LogP contribution in [0.15, 0.2) is 48.9 Å². The molecule has 2 aromatic rings. The number of rotatable bonds is 5. The van der Waals surface area contributed by atoms with Crippen molar-refractivity contribution in [3.8, 4) is 0 Å². The fraction of sp³-hybridized carbons (Fsp3) is 0.421. The van der Waals surface area contributed by atoms with Crippen molar-refractivity contribution in [1.82, 2.24) is 14.9 Å². The predicted molar refractivity (Wildman–Crippen MR) is 96.2 cm³/mol. The van der Waals surface area contributed by atoms with E-state index in [1.54, 1.807) is 30.5 Å². The summed E-state index contributed by atoms with van der Waals surface area (Å²) in [5, 5.41) is 11.0. The summed E-state index contributed by atoms with van der Waals surface area (Å²) in [6.45, 7) is 1.66. The molecule has 1 N–H and O–H groups in total. The van der Waals surface area contributed by atoms with Gasteiger partial charge < -0.3 is 14.9 Å². The van der Waals surface area contributed by atoms with Gasteiger partial charge >= 0.3 is 0 Å². The van der Waals surface area contributed by atoms with E-state index in [1.165, 1.54) is 0 Å². The number of carbonyl (C=O) groups excluding carboxylic acids is 1. The number of β-amino-alcohol motifs (C(OH)–C–C–N with tert-alkyl or cyclic N) is 1. The molecule has 0 saturated carbocycles. The Hall–Kier alpha value is -2.47. The second-order valence-corrected chi connectivity index (χ2v) is 6.73. The van der Waals surface area contributed by atoms with Gasteiger partial charge in [-0.15, -0.1) is 0 Å². The summed E-state index contributed by atoms with van der Waals surface area (Å²) < 4.78 is 0. The van der Waals surface area contributed by atoms with Crippen molar-refractivity contribution in [3.05, 3.63) is 54.5 Å². The highest BCUT2D eigenvalue weighted by molar-refractivity contribution is 5.78. The highest BCUT2D eigenvalue weighted by Gasteiger charge is 2.35. The molecule has 1 aliphatic rings. The van der Waals surface area contributed by atoms with Gasteiger partial charge in [-0.25, -0.2) is 4.98 Å². The minimum atomic E-state index is -0.922. The Labute approximate surface area is 148 Å². The van der Waals surface area contributed by atoms with E-state index in [0.29, 0.717) is 25.9 Å². The van der Waals surface area contributed by atoms with E-state index in [-0.39, 0.29) is 5.91 Å². The maximum Gasteiger partial charge on any atom is 0.226 e. The van der Waals surface area contributed by atoms with Crippen LogP contribution >= 0.6 is 0 Å². The highest BCUT2D eigenvalue weighted by Crippen LogP contribution is 2.25. The topological polar surface area (TPSA) is 69.6 Å². The smallest absolute Gasteiger partial charge is 0.226 e. The summed E-state index contributed by atoms with van der Waals surface area (Å²) in [6, 6.07) is 9.48. The van der Waals surface area contributed by atoms with Crippen molar-refractivity contribution in [1.29, 1.82) is 0 Å². The van der Waals surface area contributed by atoms with Crippen LogP contribution in [-0.2, 0) is 11.2 Å². The fourth-order valence-electron chi connectivity index (χ4n) is 3.32. The summed E-state index contributed by atoms with van der Waals surface area (Å²) >= 11 is 0.